The Morgan fingerprint density at radius 2 is 1.88 bits per heavy atom. The summed E-state index contributed by atoms with van der Waals surface area (Å²) in [6, 6.07) is 2.11. The number of nitrogens with one attached hydrogen (secondary N) is 1. The van der Waals surface area contributed by atoms with Crippen molar-refractivity contribution in [3.63, 3.8) is 0 Å². The Hall–Kier alpha value is -2.15. The van der Waals surface area contributed by atoms with E-state index in [0.29, 0.717) is 30.1 Å². The van der Waals surface area contributed by atoms with Crippen LogP contribution in [0.2, 0.25) is 0 Å². The normalized spacial score (nSPS) is 20.5. The number of ether oxygens (including phenoxy) is 1. The van der Waals surface area contributed by atoms with E-state index in [-0.39, 0.29) is 17.6 Å². The first kappa shape index (κ1) is 18.6. The second-order valence-corrected chi connectivity index (χ2v) is 7.05. The average molecular weight is 359 g/mol. The van der Waals surface area contributed by atoms with Crippen LogP contribution in [0.3, 0.4) is 0 Å². The Balaban J connectivity index is 2.14. The molecule has 3 rings (SSSR count). The molecule has 26 heavy (non-hydrogen) atoms. The van der Waals surface area contributed by atoms with Crippen LogP contribution in [-0.2, 0) is 4.74 Å². The number of hydrogen-bond acceptors (Lipinski definition) is 6. The second kappa shape index (κ2) is 8.03. The van der Waals surface area contributed by atoms with Crippen molar-refractivity contribution in [2.24, 2.45) is 0 Å². The molecular weight excluding hydrogens is 330 g/mol. The van der Waals surface area contributed by atoms with Gasteiger partial charge in [-0.2, -0.15) is 0 Å². The van der Waals surface area contributed by atoms with Crippen LogP contribution in [0.5, 0.6) is 0 Å². The number of aromatic nitrogens is 3. The first-order valence-electron chi connectivity index (χ1n) is 9.56. The van der Waals surface area contributed by atoms with Gasteiger partial charge in [0.2, 0.25) is 5.95 Å². The number of pyridine rings is 1. The lowest BCUT2D eigenvalue weighted by molar-refractivity contribution is 0.0753. The van der Waals surface area contributed by atoms with Crippen molar-refractivity contribution < 1.29 is 4.74 Å². The van der Waals surface area contributed by atoms with E-state index in [0.717, 1.165) is 31.7 Å². The van der Waals surface area contributed by atoms with Crippen LogP contribution in [0.1, 0.15) is 40.5 Å². The van der Waals surface area contributed by atoms with E-state index in [1.165, 1.54) is 0 Å². The zero-order valence-electron chi connectivity index (χ0n) is 16.2. The van der Waals surface area contributed by atoms with E-state index < -0.39 is 0 Å². The minimum atomic E-state index is -0.112. The van der Waals surface area contributed by atoms with Crippen LogP contribution in [0.15, 0.2) is 17.1 Å². The van der Waals surface area contributed by atoms with Crippen molar-refractivity contribution >= 4 is 22.7 Å². The largest absolute Gasteiger partial charge is 0.377 e. The van der Waals surface area contributed by atoms with Crippen LogP contribution in [-0.4, -0.2) is 53.3 Å². The van der Waals surface area contributed by atoms with Gasteiger partial charge in [0.15, 0.2) is 5.82 Å². The summed E-state index contributed by atoms with van der Waals surface area (Å²) >= 11 is 0. The summed E-state index contributed by atoms with van der Waals surface area (Å²) in [4.78, 5) is 29.5. The zero-order valence-corrected chi connectivity index (χ0v) is 16.2. The van der Waals surface area contributed by atoms with Crippen molar-refractivity contribution in [1.29, 1.82) is 0 Å². The first-order valence-corrected chi connectivity index (χ1v) is 9.56. The molecule has 0 radical (unpaired) electrons. The number of aromatic amines is 1. The van der Waals surface area contributed by atoms with Gasteiger partial charge in [0.05, 0.1) is 30.7 Å². The fraction of sp³-hybridized carbons (Fsp3) is 0.632. The van der Waals surface area contributed by atoms with Gasteiger partial charge in [0.1, 0.15) is 5.52 Å². The highest BCUT2D eigenvalue weighted by molar-refractivity contribution is 5.88. The van der Waals surface area contributed by atoms with Gasteiger partial charge in [-0.25, -0.2) is 9.97 Å². The lowest BCUT2D eigenvalue weighted by Crippen LogP contribution is -2.50. The molecule has 0 unspecified atom stereocenters. The van der Waals surface area contributed by atoms with Crippen LogP contribution >= 0.6 is 0 Å². The first-order chi connectivity index (χ1) is 12.6. The molecule has 1 saturated heterocycles. The number of morpholine rings is 1. The molecule has 0 amide bonds. The molecule has 0 bridgehead atoms. The van der Waals surface area contributed by atoms with Crippen molar-refractivity contribution in [3.8, 4) is 0 Å². The summed E-state index contributed by atoms with van der Waals surface area (Å²) < 4.78 is 5.64. The monoisotopic (exact) mass is 359 g/mol. The van der Waals surface area contributed by atoms with Crippen LogP contribution in [0.25, 0.3) is 10.9 Å². The lowest BCUT2D eigenvalue weighted by Gasteiger charge is -2.39. The maximum absolute atomic E-state index is 12.7. The SMILES string of the molecule is CCCN(CCC)c1nc2c(N3[C@@H](C)COC[C@@H]3C)nccc2c(=O)[nH]1. The van der Waals surface area contributed by atoms with Crippen LogP contribution in [0, 0.1) is 0 Å². The Bertz CT molecular complexity index is 790. The number of H-pyrrole nitrogens is 1. The third-order valence-corrected chi connectivity index (χ3v) is 4.79. The molecule has 0 aromatic carbocycles. The highest BCUT2D eigenvalue weighted by atomic mass is 16.5. The standard InChI is InChI=1S/C19H29N5O2/c1-5-9-23(10-6-2)19-21-16-15(18(25)22-19)7-8-20-17(16)24-13(3)11-26-12-14(24)4/h7-8,13-14H,5-6,9-12H2,1-4H3,(H,21,22,25)/t13-,14-/m0/s1. The van der Waals surface area contributed by atoms with E-state index in [2.05, 4.69) is 47.5 Å². The predicted octanol–water partition coefficient (Wildman–Crippen LogP) is 2.56. The molecule has 1 fully saturated rings. The van der Waals surface area contributed by atoms with Gasteiger partial charge in [-0.3, -0.25) is 9.78 Å². The van der Waals surface area contributed by atoms with Gasteiger partial charge in [-0.15, -0.1) is 0 Å². The third kappa shape index (κ3) is 3.53. The number of nitrogens with zero attached hydrogens (tertiary/aromatic N) is 4. The molecule has 2 atom stereocenters. The van der Waals surface area contributed by atoms with Gasteiger partial charge in [0, 0.05) is 19.3 Å². The Morgan fingerprint density at radius 1 is 1.23 bits per heavy atom. The van der Waals surface area contributed by atoms with E-state index >= 15 is 0 Å². The summed E-state index contributed by atoms with van der Waals surface area (Å²) in [6.45, 7) is 11.5. The number of rotatable bonds is 6. The smallest absolute Gasteiger partial charge is 0.260 e. The molecule has 3 heterocycles. The Labute approximate surface area is 154 Å². The summed E-state index contributed by atoms with van der Waals surface area (Å²) in [5.41, 5.74) is 0.559. The predicted molar refractivity (Wildman–Crippen MR) is 105 cm³/mol. The fourth-order valence-electron chi connectivity index (χ4n) is 3.66. The molecule has 1 aliphatic heterocycles. The third-order valence-electron chi connectivity index (χ3n) is 4.79. The summed E-state index contributed by atoms with van der Waals surface area (Å²) in [5.74, 6) is 1.40. The maximum atomic E-state index is 12.7. The zero-order chi connectivity index (χ0) is 18.7. The molecule has 2 aromatic rings. The molecule has 1 aliphatic rings. The van der Waals surface area contributed by atoms with Gasteiger partial charge in [0.25, 0.3) is 5.56 Å². The van der Waals surface area contributed by atoms with Crippen molar-refractivity contribution in [1.82, 2.24) is 15.0 Å². The van der Waals surface area contributed by atoms with Crippen LogP contribution in [0.4, 0.5) is 11.8 Å². The van der Waals surface area contributed by atoms with E-state index in [1.807, 2.05) is 0 Å². The quantitative estimate of drug-likeness (QED) is 0.854. The van der Waals surface area contributed by atoms with E-state index in [9.17, 15) is 4.79 Å². The summed E-state index contributed by atoms with van der Waals surface area (Å²) in [6.07, 6.45) is 3.69. The number of fused-ring (bicyclic) bond motifs is 1. The fourth-order valence-corrected chi connectivity index (χ4v) is 3.66. The van der Waals surface area contributed by atoms with Gasteiger partial charge < -0.3 is 14.5 Å². The number of hydrogen-bond donors (Lipinski definition) is 1. The molecule has 142 valence electrons. The molecule has 7 heteroatoms. The number of anilines is 2. The Morgan fingerprint density at radius 3 is 2.50 bits per heavy atom. The molecule has 0 aliphatic carbocycles. The van der Waals surface area contributed by atoms with Gasteiger partial charge in [-0.05, 0) is 32.8 Å². The molecule has 0 saturated carbocycles. The van der Waals surface area contributed by atoms with E-state index in [4.69, 9.17) is 9.72 Å². The van der Waals surface area contributed by atoms with Crippen LogP contribution < -0.4 is 15.4 Å². The van der Waals surface area contributed by atoms with Gasteiger partial charge >= 0.3 is 0 Å². The minimum Gasteiger partial charge on any atom is -0.377 e. The minimum absolute atomic E-state index is 0.112. The van der Waals surface area contributed by atoms with E-state index in [1.54, 1.807) is 12.3 Å². The molecular formula is C19H29N5O2. The second-order valence-electron chi connectivity index (χ2n) is 7.05. The molecule has 7 nitrogen and oxygen atoms in total. The van der Waals surface area contributed by atoms with Crippen molar-refractivity contribution in [2.75, 3.05) is 36.1 Å². The highest BCUT2D eigenvalue weighted by Gasteiger charge is 2.29. The lowest BCUT2D eigenvalue weighted by atomic mass is 10.1. The maximum Gasteiger partial charge on any atom is 0.260 e. The van der Waals surface area contributed by atoms with Crippen molar-refractivity contribution in [3.05, 3.63) is 22.6 Å². The highest BCUT2D eigenvalue weighted by Crippen LogP contribution is 2.27. The summed E-state index contributed by atoms with van der Waals surface area (Å²) in [5, 5.41) is 0.581. The van der Waals surface area contributed by atoms with Gasteiger partial charge in [-0.1, -0.05) is 13.8 Å². The molecule has 0 spiro atoms. The molecule has 2 aromatic heterocycles. The topological polar surface area (TPSA) is 74.4 Å². The van der Waals surface area contributed by atoms with Crippen molar-refractivity contribution in [2.45, 2.75) is 52.6 Å². The summed E-state index contributed by atoms with van der Waals surface area (Å²) in [7, 11) is 0. The molecule has 1 N–H and O–H groups in total. The Kier molecular flexibility index (Phi) is 5.76. The average Bonchev–Trinajstić information content (AvgIpc) is 2.62.